The van der Waals surface area contributed by atoms with Gasteiger partial charge in [0.2, 0.25) is 5.91 Å². The number of aliphatic carboxylic acids is 1. The number of likely N-dealkylation sites (tertiary alicyclic amines) is 1. The van der Waals surface area contributed by atoms with Crippen molar-refractivity contribution in [3.05, 3.63) is 0 Å². The molecule has 0 radical (unpaired) electrons. The van der Waals surface area contributed by atoms with Crippen molar-refractivity contribution in [2.24, 2.45) is 11.3 Å². The van der Waals surface area contributed by atoms with Gasteiger partial charge in [-0.3, -0.25) is 9.59 Å². The van der Waals surface area contributed by atoms with Gasteiger partial charge >= 0.3 is 5.97 Å². The number of amides is 1. The summed E-state index contributed by atoms with van der Waals surface area (Å²) in [6.07, 6.45) is 3.35. The van der Waals surface area contributed by atoms with E-state index < -0.39 is 11.4 Å². The van der Waals surface area contributed by atoms with Gasteiger partial charge in [0, 0.05) is 19.5 Å². The van der Waals surface area contributed by atoms with E-state index in [9.17, 15) is 14.7 Å². The third-order valence-electron chi connectivity index (χ3n) is 4.62. The first kappa shape index (κ1) is 17.0. The van der Waals surface area contributed by atoms with Crippen LogP contribution in [0.4, 0.5) is 0 Å². The third-order valence-corrected chi connectivity index (χ3v) is 4.62. The van der Waals surface area contributed by atoms with Gasteiger partial charge in [0.15, 0.2) is 0 Å². The molecule has 1 aliphatic heterocycles. The smallest absolute Gasteiger partial charge is 0.310 e. The van der Waals surface area contributed by atoms with Crippen LogP contribution < -0.4 is 5.32 Å². The molecule has 0 aromatic heterocycles. The summed E-state index contributed by atoms with van der Waals surface area (Å²) in [6.45, 7) is 6.46. The van der Waals surface area contributed by atoms with E-state index in [2.05, 4.69) is 17.3 Å². The van der Waals surface area contributed by atoms with Crippen LogP contribution in [0.2, 0.25) is 0 Å². The maximum absolute atomic E-state index is 12.0. The van der Waals surface area contributed by atoms with Crippen LogP contribution in [0.15, 0.2) is 0 Å². The fourth-order valence-electron chi connectivity index (χ4n) is 2.95. The van der Waals surface area contributed by atoms with Crippen molar-refractivity contribution in [1.82, 2.24) is 10.2 Å². The highest BCUT2D eigenvalue weighted by atomic mass is 16.4. The van der Waals surface area contributed by atoms with Gasteiger partial charge in [0.05, 0.1) is 5.41 Å². The van der Waals surface area contributed by atoms with Gasteiger partial charge in [0.25, 0.3) is 0 Å². The van der Waals surface area contributed by atoms with Gasteiger partial charge in [-0.1, -0.05) is 13.8 Å². The van der Waals surface area contributed by atoms with E-state index in [0.717, 1.165) is 19.5 Å². The zero-order chi connectivity index (χ0) is 15.2. The SMILES string of the molecule is CCC(CC)(CC(=O)NCC1CCCN(C)C1)C(=O)O. The zero-order valence-electron chi connectivity index (χ0n) is 12.9. The van der Waals surface area contributed by atoms with Gasteiger partial charge in [-0.05, 0) is 45.2 Å². The number of carbonyl (C=O) groups excluding carboxylic acids is 1. The predicted octanol–water partition coefficient (Wildman–Crippen LogP) is 1.73. The molecule has 1 fully saturated rings. The van der Waals surface area contributed by atoms with Crippen LogP contribution in [-0.4, -0.2) is 48.6 Å². The van der Waals surface area contributed by atoms with E-state index in [0.29, 0.717) is 25.3 Å². The van der Waals surface area contributed by atoms with Crippen molar-refractivity contribution in [3.8, 4) is 0 Å². The van der Waals surface area contributed by atoms with Crippen LogP contribution in [-0.2, 0) is 9.59 Å². The Kier molecular flexibility index (Phi) is 6.46. The van der Waals surface area contributed by atoms with Crippen molar-refractivity contribution < 1.29 is 14.7 Å². The Morgan fingerprint density at radius 1 is 1.35 bits per heavy atom. The standard InChI is InChI=1S/C15H28N2O3/c1-4-15(5-2,14(19)20)9-13(18)16-10-12-7-6-8-17(3)11-12/h12H,4-11H2,1-3H3,(H,16,18)(H,19,20). The summed E-state index contributed by atoms with van der Waals surface area (Å²) in [4.78, 5) is 25.7. The average molecular weight is 284 g/mol. The first-order valence-electron chi connectivity index (χ1n) is 7.62. The topological polar surface area (TPSA) is 69.6 Å². The molecule has 0 bridgehead atoms. The predicted molar refractivity (Wildman–Crippen MR) is 78.5 cm³/mol. The van der Waals surface area contributed by atoms with Crippen molar-refractivity contribution in [3.63, 3.8) is 0 Å². The first-order chi connectivity index (χ1) is 9.43. The largest absolute Gasteiger partial charge is 0.481 e. The number of piperidine rings is 1. The average Bonchev–Trinajstić information content (AvgIpc) is 2.42. The second kappa shape index (κ2) is 7.62. The summed E-state index contributed by atoms with van der Waals surface area (Å²) in [5.74, 6) is -0.514. The number of nitrogens with zero attached hydrogens (tertiary/aromatic N) is 1. The van der Waals surface area contributed by atoms with Crippen molar-refractivity contribution in [2.75, 3.05) is 26.7 Å². The van der Waals surface area contributed by atoms with Crippen molar-refractivity contribution in [2.45, 2.75) is 46.0 Å². The molecule has 20 heavy (non-hydrogen) atoms. The van der Waals surface area contributed by atoms with E-state index in [4.69, 9.17) is 0 Å². The fourth-order valence-corrected chi connectivity index (χ4v) is 2.95. The summed E-state index contributed by atoms with van der Waals surface area (Å²) < 4.78 is 0. The molecule has 1 aliphatic rings. The molecule has 1 atom stereocenters. The molecule has 2 N–H and O–H groups in total. The Hall–Kier alpha value is -1.10. The van der Waals surface area contributed by atoms with Crippen molar-refractivity contribution >= 4 is 11.9 Å². The Morgan fingerprint density at radius 3 is 2.50 bits per heavy atom. The third kappa shape index (κ3) is 4.47. The number of hydrogen-bond acceptors (Lipinski definition) is 3. The van der Waals surface area contributed by atoms with Gasteiger partial charge in [-0.2, -0.15) is 0 Å². The van der Waals surface area contributed by atoms with Crippen LogP contribution in [0, 0.1) is 11.3 Å². The minimum absolute atomic E-state index is 0.0812. The first-order valence-corrected chi connectivity index (χ1v) is 7.62. The number of rotatable bonds is 7. The van der Waals surface area contributed by atoms with Crippen molar-refractivity contribution in [1.29, 1.82) is 0 Å². The maximum Gasteiger partial charge on any atom is 0.310 e. The molecule has 5 heteroatoms. The highest BCUT2D eigenvalue weighted by Crippen LogP contribution is 2.30. The van der Waals surface area contributed by atoms with E-state index in [1.54, 1.807) is 0 Å². The molecule has 0 spiro atoms. The summed E-state index contributed by atoms with van der Waals surface area (Å²) >= 11 is 0. The second-order valence-electron chi connectivity index (χ2n) is 6.04. The van der Waals surface area contributed by atoms with E-state index in [1.807, 2.05) is 13.8 Å². The lowest BCUT2D eigenvalue weighted by Crippen LogP contribution is -2.41. The molecule has 0 saturated carbocycles. The molecule has 0 aliphatic carbocycles. The number of carbonyl (C=O) groups is 2. The maximum atomic E-state index is 12.0. The lowest BCUT2D eigenvalue weighted by atomic mass is 9.79. The Labute approximate surface area is 121 Å². The summed E-state index contributed by atoms with van der Waals surface area (Å²) in [6, 6.07) is 0. The van der Waals surface area contributed by atoms with Gasteiger partial charge in [-0.25, -0.2) is 0 Å². The second-order valence-corrected chi connectivity index (χ2v) is 6.04. The highest BCUT2D eigenvalue weighted by molar-refractivity contribution is 5.84. The molecule has 0 aromatic rings. The number of nitrogens with one attached hydrogen (secondary N) is 1. The molecule has 1 unspecified atom stereocenters. The molecular weight excluding hydrogens is 256 g/mol. The molecule has 116 valence electrons. The van der Waals surface area contributed by atoms with Crippen LogP contribution >= 0.6 is 0 Å². The van der Waals surface area contributed by atoms with Crippen LogP contribution in [0.1, 0.15) is 46.0 Å². The quantitative estimate of drug-likeness (QED) is 0.747. The van der Waals surface area contributed by atoms with E-state index in [1.165, 1.54) is 6.42 Å². The highest BCUT2D eigenvalue weighted by Gasteiger charge is 2.37. The summed E-state index contributed by atoms with van der Waals surface area (Å²) in [5, 5.41) is 12.3. The molecule has 0 aromatic carbocycles. The monoisotopic (exact) mass is 284 g/mol. The van der Waals surface area contributed by atoms with Crippen LogP contribution in [0.3, 0.4) is 0 Å². The molecule has 1 amide bonds. The Bertz CT molecular complexity index is 340. The van der Waals surface area contributed by atoms with Crippen LogP contribution in [0.5, 0.6) is 0 Å². The molecule has 1 saturated heterocycles. The number of hydrogen-bond donors (Lipinski definition) is 2. The Balaban J connectivity index is 2.44. The molecular formula is C15H28N2O3. The number of carboxylic acids is 1. The zero-order valence-corrected chi connectivity index (χ0v) is 12.9. The fraction of sp³-hybridized carbons (Fsp3) is 0.867. The summed E-state index contributed by atoms with van der Waals surface area (Å²) in [7, 11) is 2.09. The minimum atomic E-state index is -0.909. The van der Waals surface area contributed by atoms with E-state index >= 15 is 0 Å². The Morgan fingerprint density at radius 2 is 2.00 bits per heavy atom. The lowest BCUT2D eigenvalue weighted by molar-refractivity contribution is -0.152. The van der Waals surface area contributed by atoms with Gasteiger partial charge in [0.1, 0.15) is 0 Å². The normalized spacial score (nSPS) is 20.6. The summed E-state index contributed by atoms with van der Waals surface area (Å²) in [5.41, 5.74) is -0.909. The molecule has 5 nitrogen and oxygen atoms in total. The minimum Gasteiger partial charge on any atom is -0.481 e. The molecule has 1 rings (SSSR count). The van der Waals surface area contributed by atoms with Gasteiger partial charge in [-0.15, -0.1) is 0 Å². The van der Waals surface area contributed by atoms with Gasteiger partial charge < -0.3 is 15.3 Å². The van der Waals surface area contributed by atoms with Crippen LogP contribution in [0.25, 0.3) is 0 Å². The lowest BCUT2D eigenvalue weighted by Gasteiger charge is -2.30. The number of carboxylic acid groups (broad SMARTS) is 1. The molecule has 1 heterocycles. The van der Waals surface area contributed by atoms with E-state index in [-0.39, 0.29) is 12.3 Å².